The van der Waals surface area contributed by atoms with E-state index in [4.69, 9.17) is 0 Å². The number of hydrogen-bond donors (Lipinski definition) is 1. The highest BCUT2D eigenvalue weighted by Crippen LogP contribution is 2.40. The molecule has 3 heteroatoms. The molecule has 1 atom stereocenters. The van der Waals surface area contributed by atoms with Gasteiger partial charge in [0, 0.05) is 19.4 Å². The fraction of sp³-hybridized carbons (Fsp3) is 0.333. The van der Waals surface area contributed by atoms with Crippen molar-refractivity contribution in [3.05, 3.63) is 33.6 Å². The van der Waals surface area contributed by atoms with Gasteiger partial charge in [-0.3, -0.25) is 0 Å². The molecule has 0 spiro atoms. The Hall–Kier alpha value is -0.380. The van der Waals surface area contributed by atoms with Gasteiger partial charge < -0.3 is 5.11 Å². The number of halogens is 1. The molecule has 0 aliphatic heterocycles. The van der Waals surface area contributed by atoms with Gasteiger partial charge in [0.2, 0.25) is 0 Å². The van der Waals surface area contributed by atoms with Crippen LogP contribution >= 0.6 is 27.3 Å². The molecule has 0 saturated heterocycles. The van der Waals surface area contributed by atoms with Crippen molar-refractivity contribution in [3.8, 4) is 0 Å². The van der Waals surface area contributed by atoms with Gasteiger partial charge in [-0.1, -0.05) is 31.5 Å². The minimum Gasteiger partial charge on any atom is -0.388 e. The normalized spacial score (nSPS) is 13.3. The highest BCUT2D eigenvalue weighted by atomic mass is 79.9. The van der Waals surface area contributed by atoms with Gasteiger partial charge in [0.05, 0.1) is 6.10 Å². The molecular weight excluding hydrogens is 272 g/mol. The molecule has 0 amide bonds. The summed E-state index contributed by atoms with van der Waals surface area (Å²) in [5, 5.41) is 11.2. The SMILES string of the molecule is CCCC(O)c1sc2ccccc2c1Br. The van der Waals surface area contributed by atoms with Crippen molar-refractivity contribution in [1.29, 1.82) is 0 Å². The monoisotopic (exact) mass is 284 g/mol. The van der Waals surface area contributed by atoms with Crippen LogP contribution in [0.25, 0.3) is 10.1 Å². The first-order valence-electron chi connectivity index (χ1n) is 5.09. The van der Waals surface area contributed by atoms with Crippen molar-refractivity contribution in [2.45, 2.75) is 25.9 Å². The van der Waals surface area contributed by atoms with Gasteiger partial charge in [0.25, 0.3) is 0 Å². The third-order valence-electron chi connectivity index (χ3n) is 2.42. The quantitative estimate of drug-likeness (QED) is 0.880. The van der Waals surface area contributed by atoms with Crippen molar-refractivity contribution in [2.24, 2.45) is 0 Å². The van der Waals surface area contributed by atoms with Crippen LogP contribution < -0.4 is 0 Å². The van der Waals surface area contributed by atoms with E-state index in [1.807, 2.05) is 12.1 Å². The fourth-order valence-electron chi connectivity index (χ4n) is 1.65. The Morgan fingerprint density at radius 3 is 2.80 bits per heavy atom. The highest BCUT2D eigenvalue weighted by Gasteiger charge is 2.15. The second kappa shape index (κ2) is 4.64. The lowest BCUT2D eigenvalue weighted by molar-refractivity contribution is 0.169. The predicted molar refractivity (Wildman–Crippen MR) is 69.4 cm³/mol. The Bertz CT molecular complexity index is 464. The van der Waals surface area contributed by atoms with E-state index < -0.39 is 0 Å². The summed E-state index contributed by atoms with van der Waals surface area (Å²) >= 11 is 5.25. The molecule has 2 rings (SSSR count). The summed E-state index contributed by atoms with van der Waals surface area (Å²) in [6.45, 7) is 2.09. The highest BCUT2D eigenvalue weighted by molar-refractivity contribution is 9.10. The average Bonchev–Trinajstić information content (AvgIpc) is 2.57. The number of hydrogen-bond acceptors (Lipinski definition) is 2. The van der Waals surface area contributed by atoms with Crippen LogP contribution in [0.5, 0.6) is 0 Å². The van der Waals surface area contributed by atoms with Gasteiger partial charge in [-0.05, 0) is 28.4 Å². The van der Waals surface area contributed by atoms with Crippen molar-refractivity contribution < 1.29 is 5.11 Å². The Labute approximate surface area is 102 Å². The van der Waals surface area contributed by atoms with Gasteiger partial charge in [-0.15, -0.1) is 11.3 Å². The van der Waals surface area contributed by atoms with E-state index >= 15 is 0 Å². The zero-order valence-corrected chi connectivity index (χ0v) is 10.9. The smallest absolute Gasteiger partial charge is 0.0893 e. The molecule has 0 radical (unpaired) electrons. The van der Waals surface area contributed by atoms with E-state index in [1.165, 1.54) is 10.1 Å². The Kier molecular flexibility index (Phi) is 3.44. The van der Waals surface area contributed by atoms with E-state index in [0.717, 1.165) is 22.2 Å². The molecule has 1 unspecified atom stereocenters. The molecule has 80 valence electrons. The minimum atomic E-state index is -0.332. The molecule has 0 aliphatic carbocycles. The van der Waals surface area contributed by atoms with E-state index in [2.05, 4.69) is 35.0 Å². The first-order valence-corrected chi connectivity index (χ1v) is 6.70. The van der Waals surface area contributed by atoms with Crippen LogP contribution in [-0.4, -0.2) is 5.11 Å². The topological polar surface area (TPSA) is 20.2 Å². The molecule has 15 heavy (non-hydrogen) atoms. The van der Waals surface area contributed by atoms with E-state index in [9.17, 15) is 5.11 Å². The zero-order chi connectivity index (χ0) is 10.8. The van der Waals surface area contributed by atoms with Crippen LogP contribution in [0.2, 0.25) is 0 Å². The van der Waals surface area contributed by atoms with Gasteiger partial charge in [-0.2, -0.15) is 0 Å². The lowest BCUT2D eigenvalue weighted by atomic mass is 10.1. The molecular formula is C12H13BrOS. The van der Waals surface area contributed by atoms with Crippen molar-refractivity contribution in [3.63, 3.8) is 0 Å². The molecule has 2 aromatic rings. The number of fused-ring (bicyclic) bond motifs is 1. The number of aliphatic hydroxyl groups is 1. The molecule has 1 nitrogen and oxygen atoms in total. The molecule has 0 fully saturated rings. The summed E-state index contributed by atoms with van der Waals surface area (Å²) in [5.41, 5.74) is 0. The maximum Gasteiger partial charge on any atom is 0.0893 e. The molecule has 1 aromatic heterocycles. The Morgan fingerprint density at radius 1 is 1.40 bits per heavy atom. The van der Waals surface area contributed by atoms with E-state index in [-0.39, 0.29) is 6.10 Å². The number of thiophene rings is 1. The average molecular weight is 285 g/mol. The number of benzene rings is 1. The molecule has 1 N–H and O–H groups in total. The molecule has 0 bridgehead atoms. The third kappa shape index (κ3) is 2.10. The third-order valence-corrected chi connectivity index (χ3v) is 4.81. The zero-order valence-electron chi connectivity index (χ0n) is 8.53. The van der Waals surface area contributed by atoms with Gasteiger partial charge in [-0.25, -0.2) is 0 Å². The van der Waals surface area contributed by atoms with Crippen LogP contribution in [-0.2, 0) is 0 Å². The van der Waals surface area contributed by atoms with Crippen LogP contribution in [0.15, 0.2) is 28.7 Å². The predicted octanol–water partition coefficient (Wildman–Crippen LogP) is 4.50. The maximum absolute atomic E-state index is 9.98. The fourth-order valence-corrected chi connectivity index (χ4v) is 3.75. The molecule has 0 saturated carbocycles. The first-order chi connectivity index (χ1) is 7.24. The summed E-state index contributed by atoms with van der Waals surface area (Å²) in [7, 11) is 0. The van der Waals surface area contributed by atoms with Crippen molar-refractivity contribution >= 4 is 37.4 Å². The summed E-state index contributed by atoms with van der Waals surface area (Å²) in [6.07, 6.45) is 1.49. The van der Waals surface area contributed by atoms with Crippen LogP contribution in [0, 0.1) is 0 Å². The van der Waals surface area contributed by atoms with Gasteiger partial charge in [0.15, 0.2) is 0 Å². The van der Waals surface area contributed by atoms with E-state index in [0.29, 0.717) is 0 Å². The largest absolute Gasteiger partial charge is 0.388 e. The van der Waals surface area contributed by atoms with Crippen molar-refractivity contribution in [1.82, 2.24) is 0 Å². The second-order valence-corrected chi connectivity index (χ2v) is 5.46. The summed E-state index contributed by atoms with van der Waals surface area (Å²) in [5.74, 6) is 0. The van der Waals surface area contributed by atoms with Gasteiger partial charge in [0.1, 0.15) is 0 Å². The lowest BCUT2D eigenvalue weighted by Gasteiger charge is -2.06. The molecule has 1 heterocycles. The summed E-state index contributed by atoms with van der Waals surface area (Å²) in [6, 6.07) is 8.22. The standard InChI is InChI=1S/C12H13BrOS/c1-2-5-9(14)12-11(13)8-6-3-4-7-10(8)15-12/h3-4,6-7,9,14H,2,5H2,1H3. The van der Waals surface area contributed by atoms with Crippen LogP contribution in [0.1, 0.15) is 30.7 Å². The van der Waals surface area contributed by atoms with Crippen molar-refractivity contribution in [2.75, 3.05) is 0 Å². The molecule has 1 aromatic carbocycles. The summed E-state index contributed by atoms with van der Waals surface area (Å²) < 4.78 is 2.29. The van der Waals surface area contributed by atoms with Crippen LogP contribution in [0.3, 0.4) is 0 Å². The molecule has 0 aliphatic rings. The van der Waals surface area contributed by atoms with Crippen LogP contribution in [0.4, 0.5) is 0 Å². The van der Waals surface area contributed by atoms with E-state index in [1.54, 1.807) is 11.3 Å². The number of rotatable bonds is 3. The Morgan fingerprint density at radius 2 is 2.13 bits per heavy atom. The summed E-state index contributed by atoms with van der Waals surface area (Å²) in [4.78, 5) is 1.05. The second-order valence-electron chi connectivity index (χ2n) is 3.58. The number of aliphatic hydroxyl groups excluding tert-OH is 1. The van der Waals surface area contributed by atoms with Gasteiger partial charge >= 0.3 is 0 Å². The Balaban J connectivity index is 2.48. The maximum atomic E-state index is 9.98. The minimum absolute atomic E-state index is 0.332. The lowest BCUT2D eigenvalue weighted by Crippen LogP contribution is -1.93. The first kappa shape index (κ1) is 11.1.